The van der Waals surface area contributed by atoms with Gasteiger partial charge in [-0.1, -0.05) is 12.8 Å². The number of carbonyl (C=O) groups is 2. The number of amides is 2. The highest BCUT2D eigenvalue weighted by Gasteiger charge is 2.32. The summed E-state index contributed by atoms with van der Waals surface area (Å²) in [5.74, 6) is 0.287. The summed E-state index contributed by atoms with van der Waals surface area (Å²) in [4.78, 5) is 23.9. The summed E-state index contributed by atoms with van der Waals surface area (Å²) in [6.45, 7) is 4.58. The summed E-state index contributed by atoms with van der Waals surface area (Å²) >= 11 is 0. The number of nitrogens with two attached hydrogens (primary N) is 1. The maximum absolute atomic E-state index is 12.2. The van der Waals surface area contributed by atoms with Crippen molar-refractivity contribution in [1.82, 2.24) is 10.6 Å². The van der Waals surface area contributed by atoms with Gasteiger partial charge >= 0.3 is 0 Å². The highest BCUT2D eigenvalue weighted by Crippen LogP contribution is 2.29. The van der Waals surface area contributed by atoms with Gasteiger partial charge in [0, 0.05) is 19.5 Å². The first-order chi connectivity index (χ1) is 8.92. The molecule has 0 aromatic rings. The molecular formula is C14H27N3O2. The van der Waals surface area contributed by atoms with E-state index < -0.39 is 5.41 Å². The fourth-order valence-corrected chi connectivity index (χ4v) is 2.69. The van der Waals surface area contributed by atoms with E-state index in [1.165, 1.54) is 0 Å². The highest BCUT2D eigenvalue weighted by molar-refractivity contribution is 5.84. The quantitative estimate of drug-likeness (QED) is 0.685. The average molecular weight is 269 g/mol. The van der Waals surface area contributed by atoms with Crippen LogP contribution in [0.2, 0.25) is 0 Å². The van der Waals surface area contributed by atoms with Gasteiger partial charge < -0.3 is 16.4 Å². The second kappa shape index (κ2) is 6.89. The van der Waals surface area contributed by atoms with Gasteiger partial charge in [-0.25, -0.2) is 0 Å². The van der Waals surface area contributed by atoms with Crippen LogP contribution in [0.4, 0.5) is 0 Å². The Kier molecular flexibility index (Phi) is 5.79. The minimum atomic E-state index is -0.586. The molecule has 0 aliphatic heterocycles. The summed E-state index contributed by atoms with van der Waals surface area (Å²) in [5, 5.41) is 5.54. The smallest absolute Gasteiger partial charge is 0.227 e. The number of hydrogen-bond acceptors (Lipinski definition) is 3. The van der Waals surface area contributed by atoms with Crippen LogP contribution in [-0.4, -0.2) is 32.0 Å². The SMILES string of the molecule is CNC(=O)C(C)(C)CNC(=O)C1CCCCC1CN. The Morgan fingerprint density at radius 2 is 1.89 bits per heavy atom. The summed E-state index contributed by atoms with van der Waals surface area (Å²) < 4.78 is 0. The van der Waals surface area contributed by atoms with E-state index in [4.69, 9.17) is 5.73 Å². The molecule has 0 spiro atoms. The molecule has 2 atom stereocenters. The number of nitrogens with one attached hydrogen (secondary N) is 2. The van der Waals surface area contributed by atoms with E-state index in [0.717, 1.165) is 25.7 Å². The first-order valence-corrected chi connectivity index (χ1v) is 7.12. The van der Waals surface area contributed by atoms with Crippen LogP contribution in [0.25, 0.3) is 0 Å². The first kappa shape index (κ1) is 16.0. The van der Waals surface area contributed by atoms with Gasteiger partial charge in [-0.3, -0.25) is 9.59 Å². The summed E-state index contributed by atoms with van der Waals surface area (Å²) in [6.07, 6.45) is 4.20. The van der Waals surface area contributed by atoms with Crippen LogP contribution < -0.4 is 16.4 Å². The third-order valence-corrected chi connectivity index (χ3v) is 4.09. The Labute approximate surface area is 115 Å². The van der Waals surface area contributed by atoms with Crippen molar-refractivity contribution in [2.24, 2.45) is 23.0 Å². The van der Waals surface area contributed by atoms with Crippen LogP contribution in [0.1, 0.15) is 39.5 Å². The van der Waals surface area contributed by atoms with E-state index >= 15 is 0 Å². The molecule has 0 aromatic heterocycles. The summed E-state index contributed by atoms with van der Waals surface area (Å²) in [7, 11) is 1.61. The third-order valence-electron chi connectivity index (χ3n) is 4.09. The lowest BCUT2D eigenvalue weighted by atomic mass is 9.78. The molecule has 110 valence electrons. The molecule has 0 aromatic carbocycles. The Hall–Kier alpha value is -1.10. The molecule has 5 heteroatoms. The van der Waals surface area contributed by atoms with Crippen molar-refractivity contribution in [3.05, 3.63) is 0 Å². The maximum Gasteiger partial charge on any atom is 0.227 e. The van der Waals surface area contributed by atoms with E-state index in [-0.39, 0.29) is 23.7 Å². The molecule has 1 aliphatic rings. The monoisotopic (exact) mass is 269 g/mol. The van der Waals surface area contributed by atoms with Crippen molar-refractivity contribution in [1.29, 1.82) is 0 Å². The molecule has 0 radical (unpaired) electrons. The summed E-state index contributed by atoms with van der Waals surface area (Å²) in [5.41, 5.74) is 5.15. The second-order valence-corrected chi connectivity index (χ2v) is 6.07. The average Bonchev–Trinajstić information content (AvgIpc) is 2.43. The topological polar surface area (TPSA) is 84.2 Å². The molecule has 19 heavy (non-hydrogen) atoms. The van der Waals surface area contributed by atoms with E-state index in [1.54, 1.807) is 7.05 Å². The van der Waals surface area contributed by atoms with Gasteiger partial charge in [-0.2, -0.15) is 0 Å². The second-order valence-electron chi connectivity index (χ2n) is 6.07. The molecule has 0 saturated heterocycles. The van der Waals surface area contributed by atoms with Crippen molar-refractivity contribution < 1.29 is 9.59 Å². The first-order valence-electron chi connectivity index (χ1n) is 7.12. The Balaban J connectivity index is 2.52. The van der Waals surface area contributed by atoms with Crippen molar-refractivity contribution in [2.75, 3.05) is 20.1 Å². The van der Waals surface area contributed by atoms with Crippen LogP contribution in [0.5, 0.6) is 0 Å². The zero-order chi connectivity index (χ0) is 14.5. The molecule has 2 unspecified atom stereocenters. The van der Waals surface area contributed by atoms with E-state index in [1.807, 2.05) is 13.8 Å². The third kappa shape index (κ3) is 4.20. The lowest BCUT2D eigenvalue weighted by Gasteiger charge is -2.31. The van der Waals surface area contributed by atoms with Gasteiger partial charge in [0.1, 0.15) is 0 Å². The minimum Gasteiger partial charge on any atom is -0.359 e. The maximum atomic E-state index is 12.2. The van der Waals surface area contributed by atoms with Crippen LogP contribution in [0.3, 0.4) is 0 Å². The van der Waals surface area contributed by atoms with Crippen molar-refractivity contribution in [3.63, 3.8) is 0 Å². The molecular weight excluding hydrogens is 242 g/mol. The van der Waals surface area contributed by atoms with Crippen molar-refractivity contribution in [3.8, 4) is 0 Å². The van der Waals surface area contributed by atoms with Gasteiger partial charge in [0.2, 0.25) is 11.8 Å². The zero-order valence-electron chi connectivity index (χ0n) is 12.3. The Bertz CT molecular complexity index is 329. The van der Waals surface area contributed by atoms with Gasteiger partial charge in [0.25, 0.3) is 0 Å². The minimum absolute atomic E-state index is 0.0132. The van der Waals surface area contributed by atoms with Crippen LogP contribution in [0.15, 0.2) is 0 Å². The van der Waals surface area contributed by atoms with Crippen LogP contribution >= 0.6 is 0 Å². The molecule has 1 aliphatic carbocycles. The fourth-order valence-electron chi connectivity index (χ4n) is 2.69. The highest BCUT2D eigenvalue weighted by atomic mass is 16.2. The molecule has 4 N–H and O–H groups in total. The standard InChI is InChI=1S/C14H27N3O2/c1-14(2,13(19)16-3)9-17-12(18)11-7-5-4-6-10(11)8-15/h10-11H,4-9,15H2,1-3H3,(H,16,19)(H,17,18). The predicted octanol–water partition coefficient (Wildman–Crippen LogP) is 0.640. The fraction of sp³-hybridized carbons (Fsp3) is 0.857. The lowest BCUT2D eigenvalue weighted by molar-refractivity contribution is -0.131. The number of rotatable bonds is 5. The largest absolute Gasteiger partial charge is 0.359 e. The van der Waals surface area contributed by atoms with Gasteiger partial charge in [0.15, 0.2) is 0 Å². The normalized spacial score (nSPS) is 23.8. The molecule has 0 bridgehead atoms. The van der Waals surface area contributed by atoms with E-state index in [2.05, 4.69) is 10.6 Å². The van der Waals surface area contributed by atoms with Gasteiger partial charge in [-0.15, -0.1) is 0 Å². The van der Waals surface area contributed by atoms with Gasteiger partial charge in [0.05, 0.1) is 5.41 Å². The predicted molar refractivity (Wildman–Crippen MR) is 75.4 cm³/mol. The Morgan fingerprint density at radius 1 is 1.26 bits per heavy atom. The van der Waals surface area contributed by atoms with E-state index in [0.29, 0.717) is 13.1 Å². The van der Waals surface area contributed by atoms with Crippen molar-refractivity contribution in [2.45, 2.75) is 39.5 Å². The zero-order valence-corrected chi connectivity index (χ0v) is 12.3. The summed E-state index contributed by atoms with van der Waals surface area (Å²) in [6, 6.07) is 0. The molecule has 5 nitrogen and oxygen atoms in total. The number of carbonyl (C=O) groups excluding carboxylic acids is 2. The van der Waals surface area contributed by atoms with Gasteiger partial charge in [-0.05, 0) is 39.2 Å². The molecule has 2 amide bonds. The molecule has 0 heterocycles. The van der Waals surface area contributed by atoms with Crippen LogP contribution in [0, 0.1) is 17.3 Å². The van der Waals surface area contributed by atoms with Crippen molar-refractivity contribution >= 4 is 11.8 Å². The Morgan fingerprint density at radius 3 is 2.47 bits per heavy atom. The van der Waals surface area contributed by atoms with E-state index in [9.17, 15) is 9.59 Å². The molecule has 1 fully saturated rings. The lowest BCUT2D eigenvalue weighted by Crippen LogP contribution is -2.47. The van der Waals surface area contributed by atoms with Crippen LogP contribution in [-0.2, 0) is 9.59 Å². The number of hydrogen-bond donors (Lipinski definition) is 3. The molecule has 1 saturated carbocycles. The molecule has 1 rings (SSSR count).